The zero-order valence-corrected chi connectivity index (χ0v) is 23.2. The van der Waals surface area contributed by atoms with E-state index in [9.17, 15) is 24.0 Å². The minimum Gasteiger partial charge on any atom is -0.457 e. The van der Waals surface area contributed by atoms with Crippen LogP contribution in [0, 0.1) is 5.92 Å². The number of benzene rings is 2. The maximum Gasteiger partial charge on any atom is 0.377 e. The van der Waals surface area contributed by atoms with Gasteiger partial charge in [0.2, 0.25) is 11.8 Å². The van der Waals surface area contributed by atoms with Gasteiger partial charge in [0.15, 0.2) is 0 Å². The highest BCUT2D eigenvalue weighted by molar-refractivity contribution is 6.36. The summed E-state index contributed by atoms with van der Waals surface area (Å²) in [6.07, 6.45) is 0.924. The minimum absolute atomic E-state index is 0.0406. The first kappa shape index (κ1) is 29.3. The molecule has 0 radical (unpaired) electrons. The summed E-state index contributed by atoms with van der Waals surface area (Å²) in [6.45, 7) is 9.42. The number of Topliss-reactive ketones (excluding diaryl/α,β-unsaturated/α-hetero) is 1. The fraction of sp³-hybridized carbons (Fsp3) is 0.367. The Morgan fingerprint density at radius 3 is 1.95 bits per heavy atom. The molecule has 2 aromatic rings. The van der Waals surface area contributed by atoms with Gasteiger partial charge >= 0.3 is 5.97 Å². The smallest absolute Gasteiger partial charge is 0.377 e. The molecule has 9 heteroatoms. The average Bonchev–Trinajstić information content (AvgIpc) is 2.88. The Labute approximate surface area is 229 Å². The molecule has 0 spiro atoms. The quantitative estimate of drug-likeness (QED) is 0.360. The zero-order chi connectivity index (χ0) is 28.9. The van der Waals surface area contributed by atoms with Gasteiger partial charge in [-0.25, -0.2) is 14.8 Å². The predicted octanol–water partition coefficient (Wildman–Crippen LogP) is 3.60. The first-order valence-corrected chi connectivity index (χ1v) is 12.9. The van der Waals surface area contributed by atoms with Crippen LogP contribution < -0.4 is 0 Å². The van der Waals surface area contributed by atoms with E-state index in [-0.39, 0.29) is 23.9 Å². The van der Waals surface area contributed by atoms with Crippen molar-refractivity contribution in [1.82, 2.24) is 14.9 Å². The van der Waals surface area contributed by atoms with Crippen LogP contribution in [0.5, 0.6) is 0 Å². The lowest BCUT2D eigenvalue weighted by Crippen LogP contribution is -2.64. The van der Waals surface area contributed by atoms with Gasteiger partial charge < -0.3 is 9.64 Å². The second-order valence-electron chi connectivity index (χ2n) is 10.0. The molecule has 0 saturated carbocycles. The van der Waals surface area contributed by atoms with Gasteiger partial charge in [-0.05, 0) is 25.3 Å². The van der Waals surface area contributed by atoms with Crippen LogP contribution in [0.2, 0.25) is 0 Å². The molecule has 206 valence electrons. The van der Waals surface area contributed by atoms with Crippen LogP contribution in [0.25, 0.3) is 5.70 Å². The molecule has 2 atom stereocenters. The largest absolute Gasteiger partial charge is 0.457 e. The van der Waals surface area contributed by atoms with Crippen LogP contribution in [-0.4, -0.2) is 62.6 Å². The third kappa shape index (κ3) is 6.60. The fourth-order valence-corrected chi connectivity index (χ4v) is 4.59. The molecular formula is C30H35N3O6. The summed E-state index contributed by atoms with van der Waals surface area (Å²) in [5.41, 5.74) is 1.45. The van der Waals surface area contributed by atoms with Crippen molar-refractivity contribution in [3.63, 3.8) is 0 Å². The van der Waals surface area contributed by atoms with Crippen LogP contribution in [0.3, 0.4) is 0 Å². The molecule has 9 nitrogen and oxygen atoms in total. The SMILES string of the molecule is CC(=O)N1C=C(c2ccccc2)N(N(C(C)=O)[C@@H](Cc2ccccc2)C(=O)C(=O)OC(C)C)C(=O)C1C(C)C. The first-order chi connectivity index (χ1) is 18.4. The van der Waals surface area contributed by atoms with E-state index < -0.39 is 41.8 Å². The van der Waals surface area contributed by atoms with Crippen LogP contribution in [-0.2, 0) is 35.1 Å². The molecule has 2 aromatic carbocycles. The van der Waals surface area contributed by atoms with E-state index >= 15 is 0 Å². The Morgan fingerprint density at radius 1 is 0.897 bits per heavy atom. The van der Waals surface area contributed by atoms with Crippen molar-refractivity contribution in [2.24, 2.45) is 5.92 Å². The standard InChI is InChI=1S/C30H35N3O6/c1-19(2)27-29(37)33(26(18-31(27)21(5)34)24-15-11-8-12-16-24)32(22(6)35)25(17-23-13-9-7-10-14-23)28(36)30(38)39-20(3)4/h7-16,18-20,25,27H,17H2,1-6H3/t25-,27?/m0/s1. The van der Waals surface area contributed by atoms with Crippen molar-refractivity contribution < 1.29 is 28.7 Å². The van der Waals surface area contributed by atoms with Gasteiger partial charge in [0, 0.05) is 32.0 Å². The Bertz CT molecular complexity index is 1260. The maximum atomic E-state index is 14.2. The zero-order valence-electron chi connectivity index (χ0n) is 23.2. The van der Waals surface area contributed by atoms with E-state index in [1.807, 2.05) is 6.07 Å². The molecule has 39 heavy (non-hydrogen) atoms. The van der Waals surface area contributed by atoms with Crippen molar-refractivity contribution in [1.29, 1.82) is 0 Å². The number of carbonyl (C=O) groups is 5. The molecule has 1 heterocycles. The number of hydrazine groups is 1. The Balaban J connectivity index is 2.25. The van der Waals surface area contributed by atoms with Crippen molar-refractivity contribution in [2.75, 3.05) is 0 Å². The molecule has 0 aliphatic carbocycles. The van der Waals surface area contributed by atoms with Gasteiger partial charge in [0.25, 0.3) is 11.7 Å². The minimum atomic E-state index is -1.39. The normalized spacial score (nSPS) is 16.2. The number of carbonyl (C=O) groups excluding carboxylic acids is 5. The van der Waals surface area contributed by atoms with E-state index in [4.69, 9.17) is 4.74 Å². The topological polar surface area (TPSA) is 104 Å². The van der Waals surface area contributed by atoms with E-state index in [2.05, 4.69) is 0 Å². The maximum absolute atomic E-state index is 14.2. The monoisotopic (exact) mass is 533 g/mol. The van der Waals surface area contributed by atoms with Crippen molar-refractivity contribution in [3.05, 3.63) is 78.0 Å². The summed E-state index contributed by atoms with van der Waals surface area (Å²) in [6, 6.07) is 15.4. The van der Waals surface area contributed by atoms with Gasteiger partial charge in [-0.2, -0.15) is 0 Å². The highest BCUT2D eigenvalue weighted by Crippen LogP contribution is 2.33. The highest BCUT2D eigenvalue weighted by Gasteiger charge is 2.47. The van der Waals surface area contributed by atoms with Crippen molar-refractivity contribution >= 4 is 35.2 Å². The number of amides is 3. The number of ketones is 1. The number of esters is 1. The Kier molecular flexibility index (Phi) is 9.40. The summed E-state index contributed by atoms with van der Waals surface area (Å²) in [7, 11) is 0. The molecule has 3 amide bonds. The number of nitrogens with zero attached hydrogens (tertiary/aromatic N) is 3. The molecule has 0 saturated heterocycles. The summed E-state index contributed by atoms with van der Waals surface area (Å²) >= 11 is 0. The third-order valence-electron chi connectivity index (χ3n) is 6.27. The van der Waals surface area contributed by atoms with Gasteiger partial charge in [0.1, 0.15) is 12.1 Å². The second kappa shape index (κ2) is 12.5. The predicted molar refractivity (Wildman–Crippen MR) is 145 cm³/mol. The van der Waals surface area contributed by atoms with E-state index in [1.54, 1.807) is 82.3 Å². The van der Waals surface area contributed by atoms with Gasteiger partial charge in [-0.15, -0.1) is 0 Å². The lowest BCUT2D eigenvalue weighted by molar-refractivity contribution is -0.172. The molecule has 1 aliphatic heterocycles. The number of rotatable bonds is 9. The summed E-state index contributed by atoms with van der Waals surface area (Å²) in [4.78, 5) is 68.0. The summed E-state index contributed by atoms with van der Waals surface area (Å²) in [5.74, 6) is -3.92. The van der Waals surface area contributed by atoms with Gasteiger partial charge in [-0.1, -0.05) is 74.5 Å². The molecule has 0 bridgehead atoms. The third-order valence-corrected chi connectivity index (χ3v) is 6.27. The first-order valence-electron chi connectivity index (χ1n) is 12.9. The Morgan fingerprint density at radius 2 is 1.46 bits per heavy atom. The van der Waals surface area contributed by atoms with E-state index in [1.165, 1.54) is 24.9 Å². The van der Waals surface area contributed by atoms with Crippen molar-refractivity contribution in [3.8, 4) is 0 Å². The lowest BCUT2D eigenvalue weighted by atomic mass is 9.97. The molecular weight excluding hydrogens is 498 g/mol. The molecule has 1 unspecified atom stereocenters. The van der Waals surface area contributed by atoms with Gasteiger partial charge in [-0.3, -0.25) is 19.2 Å². The molecule has 0 aromatic heterocycles. The Hall–Kier alpha value is -4.27. The number of hydrogen-bond acceptors (Lipinski definition) is 6. The number of hydrogen-bond donors (Lipinski definition) is 0. The summed E-state index contributed by atoms with van der Waals surface area (Å²) in [5, 5.41) is 2.18. The van der Waals surface area contributed by atoms with Crippen LogP contribution in [0.4, 0.5) is 0 Å². The fourth-order valence-electron chi connectivity index (χ4n) is 4.59. The van der Waals surface area contributed by atoms with Crippen LogP contribution in [0.1, 0.15) is 52.7 Å². The van der Waals surface area contributed by atoms with Crippen LogP contribution in [0.15, 0.2) is 66.9 Å². The average molecular weight is 534 g/mol. The molecule has 0 N–H and O–H groups in total. The van der Waals surface area contributed by atoms with Crippen LogP contribution >= 0.6 is 0 Å². The molecule has 1 aliphatic rings. The molecule has 0 fully saturated rings. The highest BCUT2D eigenvalue weighted by atomic mass is 16.5. The summed E-state index contributed by atoms with van der Waals surface area (Å²) < 4.78 is 5.20. The van der Waals surface area contributed by atoms with E-state index in [0.29, 0.717) is 11.1 Å². The molecule has 3 rings (SSSR count). The van der Waals surface area contributed by atoms with E-state index in [0.717, 1.165) is 10.0 Å². The van der Waals surface area contributed by atoms with Crippen molar-refractivity contribution in [2.45, 2.75) is 66.2 Å². The van der Waals surface area contributed by atoms with Gasteiger partial charge in [0.05, 0.1) is 11.8 Å². The second-order valence-corrected chi connectivity index (χ2v) is 10.0. The lowest BCUT2D eigenvalue weighted by Gasteiger charge is -2.46. The number of ether oxygens (including phenoxy) is 1.